The monoisotopic (exact) mass is 408 g/mol. The van der Waals surface area contributed by atoms with Crippen LogP contribution < -0.4 is 14.2 Å². The third kappa shape index (κ3) is 5.49. The van der Waals surface area contributed by atoms with Gasteiger partial charge in [0, 0.05) is 10.5 Å². The Morgan fingerprint density at radius 2 is 1.60 bits per heavy atom. The maximum atomic E-state index is 12.2. The summed E-state index contributed by atoms with van der Waals surface area (Å²) >= 11 is 3.31. The number of carbonyl (C=O) groups is 2. The molecule has 0 unspecified atom stereocenters. The van der Waals surface area contributed by atoms with Crippen LogP contribution in [0.5, 0.6) is 17.2 Å². The molecule has 0 radical (unpaired) electrons. The molecule has 6 nitrogen and oxygen atoms in total. The van der Waals surface area contributed by atoms with Gasteiger partial charge in [0.1, 0.15) is 17.2 Å². The van der Waals surface area contributed by atoms with Crippen molar-refractivity contribution in [3.63, 3.8) is 0 Å². The number of ether oxygens (including phenoxy) is 4. The molecule has 0 aliphatic carbocycles. The van der Waals surface area contributed by atoms with Crippen molar-refractivity contribution < 1.29 is 28.5 Å². The number of methoxy groups -OCH3 is 2. The second kappa shape index (κ2) is 9.08. The fraction of sp³-hybridized carbons (Fsp3) is 0.222. The molecule has 2 aromatic rings. The first kappa shape index (κ1) is 18.8. The van der Waals surface area contributed by atoms with Crippen molar-refractivity contribution in [2.75, 3.05) is 27.4 Å². The zero-order valence-corrected chi connectivity index (χ0v) is 15.4. The molecule has 0 spiro atoms. The van der Waals surface area contributed by atoms with E-state index in [1.54, 1.807) is 42.5 Å². The van der Waals surface area contributed by atoms with E-state index in [1.165, 1.54) is 14.2 Å². The molecular weight excluding hydrogens is 392 g/mol. The number of halogens is 1. The first-order valence-electron chi connectivity index (χ1n) is 7.32. The molecule has 0 saturated carbocycles. The van der Waals surface area contributed by atoms with Gasteiger partial charge in [0.15, 0.2) is 13.2 Å². The summed E-state index contributed by atoms with van der Waals surface area (Å²) in [5.41, 5.74) is 0.310. The van der Waals surface area contributed by atoms with E-state index in [1.807, 2.05) is 0 Å². The second-order valence-electron chi connectivity index (χ2n) is 4.89. The highest BCUT2D eigenvalue weighted by Crippen LogP contribution is 2.25. The summed E-state index contributed by atoms with van der Waals surface area (Å²) in [7, 11) is 2.97. The van der Waals surface area contributed by atoms with E-state index in [9.17, 15) is 9.59 Å². The smallest absolute Gasteiger partial charge is 0.344 e. The van der Waals surface area contributed by atoms with Gasteiger partial charge in [-0.1, -0.05) is 15.9 Å². The minimum Gasteiger partial charge on any atom is -0.497 e. The minimum atomic E-state index is -0.635. The highest BCUT2D eigenvalue weighted by molar-refractivity contribution is 9.10. The molecule has 0 saturated heterocycles. The van der Waals surface area contributed by atoms with Gasteiger partial charge in [-0.15, -0.1) is 0 Å². The van der Waals surface area contributed by atoms with Crippen molar-refractivity contribution in [3.05, 3.63) is 52.5 Å². The highest BCUT2D eigenvalue weighted by atomic mass is 79.9. The van der Waals surface area contributed by atoms with Gasteiger partial charge in [-0.05, 0) is 36.4 Å². The molecule has 2 aromatic carbocycles. The number of benzene rings is 2. The van der Waals surface area contributed by atoms with Gasteiger partial charge >= 0.3 is 5.97 Å². The number of Topliss-reactive ketones (excluding diaryl/α,β-unsaturated/α-hetero) is 1. The first-order valence-corrected chi connectivity index (χ1v) is 8.12. The summed E-state index contributed by atoms with van der Waals surface area (Å²) < 4.78 is 21.4. The molecule has 0 aliphatic heterocycles. The van der Waals surface area contributed by atoms with Crippen LogP contribution in [0.1, 0.15) is 10.4 Å². The average Bonchev–Trinajstić information content (AvgIpc) is 2.65. The van der Waals surface area contributed by atoms with Crippen molar-refractivity contribution in [2.45, 2.75) is 0 Å². The van der Waals surface area contributed by atoms with Gasteiger partial charge in [-0.2, -0.15) is 0 Å². The van der Waals surface area contributed by atoms with Gasteiger partial charge < -0.3 is 18.9 Å². The molecule has 7 heteroatoms. The maximum absolute atomic E-state index is 12.2. The van der Waals surface area contributed by atoms with Gasteiger partial charge in [0.05, 0.1) is 19.8 Å². The van der Waals surface area contributed by atoms with Crippen LogP contribution in [-0.2, 0) is 9.53 Å². The summed E-state index contributed by atoms with van der Waals surface area (Å²) in [6, 6.07) is 11.8. The lowest BCUT2D eigenvalue weighted by molar-refractivity contribution is -0.144. The van der Waals surface area contributed by atoms with Crippen molar-refractivity contribution in [1.29, 1.82) is 0 Å². The van der Waals surface area contributed by atoms with Crippen LogP contribution >= 0.6 is 15.9 Å². The zero-order valence-electron chi connectivity index (χ0n) is 13.8. The van der Waals surface area contributed by atoms with Crippen molar-refractivity contribution in [2.24, 2.45) is 0 Å². The van der Waals surface area contributed by atoms with E-state index >= 15 is 0 Å². The van der Waals surface area contributed by atoms with E-state index in [-0.39, 0.29) is 12.4 Å². The summed E-state index contributed by atoms with van der Waals surface area (Å²) in [4.78, 5) is 23.9. The number of hydrogen-bond acceptors (Lipinski definition) is 6. The van der Waals surface area contributed by atoms with Crippen LogP contribution in [0.4, 0.5) is 0 Å². The number of carbonyl (C=O) groups excluding carboxylic acids is 2. The molecule has 132 valence electrons. The number of hydrogen-bond donors (Lipinski definition) is 0. The number of ketones is 1. The van der Waals surface area contributed by atoms with Crippen LogP contribution in [-0.4, -0.2) is 39.2 Å². The lowest BCUT2D eigenvalue weighted by Gasteiger charge is -2.10. The molecule has 0 aliphatic rings. The Balaban J connectivity index is 1.86. The fourth-order valence-electron chi connectivity index (χ4n) is 1.97. The van der Waals surface area contributed by atoms with E-state index < -0.39 is 12.6 Å². The second-order valence-corrected chi connectivity index (χ2v) is 5.81. The van der Waals surface area contributed by atoms with Gasteiger partial charge in [0.25, 0.3) is 0 Å². The predicted molar refractivity (Wildman–Crippen MR) is 94.5 cm³/mol. The molecule has 0 bridgehead atoms. The van der Waals surface area contributed by atoms with Crippen molar-refractivity contribution in [1.82, 2.24) is 0 Å². The Morgan fingerprint density at radius 1 is 0.920 bits per heavy atom. The molecule has 25 heavy (non-hydrogen) atoms. The zero-order chi connectivity index (χ0) is 18.2. The SMILES string of the molecule is COc1ccc(C(=O)COC(=O)COc2ccc(Br)cc2)c(OC)c1. The van der Waals surface area contributed by atoms with Crippen LogP contribution in [0.2, 0.25) is 0 Å². The lowest BCUT2D eigenvalue weighted by atomic mass is 10.1. The third-order valence-electron chi connectivity index (χ3n) is 3.24. The van der Waals surface area contributed by atoms with Crippen LogP contribution in [0, 0.1) is 0 Å². The van der Waals surface area contributed by atoms with Crippen LogP contribution in [0.25, 0.3) is 0 Å². The predicted octanol–water partition coefficient (Wildman–Crippen LogP) is 3.27. The van der Waals surface area contributed by atoms with Gasteiger partial charge in [-0.25, -0.2) is 4.79 Å². The fourth-order valence-corrected chi connectivity index (χ4v) is 2.23. The quantitative estimate of drug-likeness (QED) is 0.493. The third-order valence-corrected chi connectivity index (χ3v) is 3.77. The molecule has 0 fully saturated rings. The van der Waals surface area contributed by atoms with E-state index in [2.05, 4.69) is 15.9 Å². The summed E-state index contributed by atoms with van der Waals surface area (Å²) in [5, 5.41) is 0. The summed E-state index contributed by atoms with van der Waals surface area (Å²) in [6.07, 6.45) is 0. The summed E-state index contributed by atoms with van der Waals surface area (Å²) in [5.74, 6) is 0.434. The van der Waals surface area contributed by atoms with Gasteiger partial charge in [-0.3, -0.25) is 4.79 Å². The number of rotatable bonds is 8. The molecule has 2 rings (SSSR count). The Bertz CT molecular complexity index is 742. The van der Waals surface area contributed by atoms with Crippen LogP contribution in [0.15, 0.2) is 46.9 Å². The molecule has 0 atom stereocenters. The molecule has 0 amide bonds. The molecule has 0 aromatic heterocycles. The Labute approximate surface area is 153 Å². The summed E-state index contributed by atoms with van der Waals surface area (Å²) in [6.45, 7) is -0.681. The minimum absolute atomic E-state index is 0.283. The lowest BCUT2D eigenvalue weighted by Crippen LogP contribution is -2.19. The molecular formula is C18H17BrO6. The van der Waals surface area contributed by atoms with Crippen molar-refractivity contribution >= 4 is 27.7 Å². The Morgan fingerprint density at radius 3 is 2.24 bits per heavy atom. The normalized spacial score (nSPS) is 10.0. The topological polar surface area (TPSA) is 71.1 Å². The first-order chi connectivity index (χ1) is 12.0. The van der Waals surface area contributed by atoms with E-state index in [4.69, 9.17) is 18.9 Å². The van der Waals surface area contributed by atoms with Crippen LogP contribution in [0.3, 0.4) is 0 Å². The van der Waals surface area contributed by atoms with E-state index in [0.29, 0.717) is 22.8 Å². The van der Waals surface area contributed by atoms with Crippen molar-refractivity contribution in [3.8, 4) is 17.2 Å². The number of esters is 1. The van der Waals surface area contributed by atoms with E-state index in [0.717, 1.165) is 4.47 Å². The Kier molecular flexibility index (Phi) is 6.82. The Hall–Kier alpha value is -2.54. The maximum Gasteiger partial charge on any atom is 0.344 e. The standard InChI is InChI=1S/C18H17BrO6/c1-22-14-7-8-15(17(9-14)23-2)16(20)10-25-18(21)11-24-13-5-3-12(19)4-6-13/h3-9H,10-11H2,1-2H3. The molecule has 0 N–H and O–H groups in total. The molecule has 0 heterocycles. The largest absolute Gasteiger partial charge is 0.497 e. The highest BCUT2D eigenvalue weighted by Gasteiger charge is 2.15. The average molecular weight is 409 g/mol. The van der Waals surface area contributed by atoms with Gasteiger partial charge in [0.2, 0.25) is 5.78 Å².